The van der Waals surface area contributed by atoms with Gasteiger partial charge in [0, 0.05) is 0 Å². The number of halogens is 1. The summed E-state index contributed by atoms with van der Waals surface area (Å²) in [7, 11) is 0. The smallest absolute Gasteiger partial charge is 0.260 e. The van der Waals surface area contributed by atoms with Crippen LogP contribution in [0.2, 0.25) is 5.02 Å². The number of nitrogens with two attached hydrogens (primary N) is 1. The Balaban J connectivity index is 1.87. The van der Waals surface area contributed by atoms with Crippen molar-refractivity contribution in [3.63, 3.8) is 0 Å². The van der Waals surface area contributed by atoms with E-state index in [0.29, 0.717) is 35.2 Å². The van der Waals surface area contributed by atoms with Gasteiger partial charge in [-0.05, 0) is 41.0 Å². The molecule has 0 spiro atoms. The van der Waals surface area contributed by atoms with Crippen LogP contribution in [0.5, 0.6) is 5.75 Å². The lowest BCUT2D eigenvalue weighted by Gasteiger charge is -2.10. The van der Waals surface area contributed by atoms with Crippen LogP contribution in [0.1, 0.15) is 11.1 Å². The second-order valence-corrected chi connectivity index (χ2v) is 5.88. The molecule has 2 N–H and O–H groups in total. The molecule has 0 atom stereocenters. The maximum absolute atomic E-state index is 9.33. The first-order valence-corrected chi connectivity index (χ1v) is 8.28. The summed E-state index contributed by atoms with van der Waals surface area (Å²) in [4.78, 5) is 7.85. The van der Waals surface area contributed by atoms with E-state index in [2.05, 4.69) is 25.5 Å². The summed E-state index contributed by atoms with van der Waals surface area (Å²) in [6.07, 6.45) is 3.05. The van der Waals surface area contributed by atoms with Gasteiger partial charge >= 0.3 is 0 Å². The van der Waals surface area contributed by atoms with Gasteiger partial charge in [0.1, 0.15) is 12.7 Å². The molecule has 8 nitrogen and oxygen atoms in total. The SMILES string of the molecule is N#Cc1ccc(-c2ccc(OSOON)c(Cl)c2)cc1Cn1cncn1. The second kappa shape index (κ2) is 8.66. The number of rotatable bonds is 7. The summed E-state index contributed by atoms with van der Waals surface area (Å²) in [6.45, 7) is 0.443. The van der Waals surface area contributed by atoms with Crippen LogP contribution in [0.15, 0.2) is 49.1 Å². The van der Waals surface area contributed by atoms with E-state index in [1.165, 1.54) is 6.33 Å². The van der Waals surface area contributed by atoms with Crippen LogP contribution in [-0.4, -0.2) is 14.8 Å². The monoisotopic (exact) mass is 389 g/mol. The molecule has 0 aliphatic heterocycles. The summed E-state index contributed by atoms with van der Waals surface area (Å²) in [5, 5.41) is 13.8. The Hall–Kier alpha value is -2.61. The molecule has 0 aliphatic carbocycles. The highest BCUT2D eigenvalue weighted by molar-refractivity contribution is 7.90. The van der Waals surface area contributed by atoms with Crippen molar-refractivity contribution in [3.05, 3.63) is 65.2 Å². The summed E-state index contributed by atoms with van der Waals surface area (Å²) >= 11 is 6.78. The predicted octanol–water partition coefficient (Wildman–Crippen LogP) is 3.28. The number of nitrogens with zero attached hydrogens (tertiary/aromatic N) is 4. The van der Waals surface area contributed by atoms with Gasteiger partial charge in [-0.1, -0.05) is 23.7 Å². The Morgan fingerprint density at radius 3 is 2.73 bits per heavy atom. The van der Waals surface area contributed by atoms with E-state index in [0.717, 1.165) is 16.7 Å². The van der Waals surface area contributed by atoms with Crippen molar-refractivity contribution in [2.45, 2.75) is 6.54 Å². The van der Waals surface area contributed by atoms with Crippen LogP contribution >= 0.6 is 23.9 Å². The molecule has 132 valence electrons. The van der Waals surface area contributed by atoms with Crippen molar-refractivity contribution in [1.82, 2.24) is 14.8 Å². The molecule has 0 saturated carbocycles. The Kier molecular flexibility index (Phi) is 6.06. The molecule has 1 aromatic heterocycles. The van der Waals surface area contributed by atoms with Gasteiger partial charge in [-0.25, -0.2) is 9.67 Å². The van der Waals surface area contributed by atoms with Crippen LogP contribution in [0, 0.1) is 11.3 Å². The average Bonchev–Trinajstić information content (AvgIpc) is 3.16. The fourth-order valence-electron chi connectivity index (χ4n) is 2.32. The third kappa shape index (κ3) is 4.32. The highest BCUT2D eigenvalue weighted by atomic mass is 35.5. The topological polar surface area (TPSA) is 108 Å². The van der Waals surface area contributed by atoms with Gasteiger partial charge in [0.25, 0.3) is 12.3 Å². The quantitative estimate of drug-likeness (QED) is 0.284. The van der Waals surface area contributed by atoms with Crippen LogP contribution in [0.3, 0.4) is 0 Å². The average molecular weight is 390 g/mol. The first kappa shape index (κ1) is 18.2. The third-order valence-electron chi connectivity index (χ3n) is 3.48. The summed E-state index contributed by atoms with van der Waals surface area (Å²) in [5.41, 5.74) is 3.18. The standard InChI is InChI=1S/C16H12ClN5O3S/c17-15-6-12(3-4-16(15)23-26-25-24-19)11-1-2-13(7-18)14(5-11)8-22-10-20-9-21-22/h1-6,9-10H,8,19H2. The van der Waals surface area contributed by atoms with Crippen LogP contribution < -0.4 is 10.1 Å². The molecule has 0 unspecified atom stereocenters. The molecule has 0 amide bonds. The number of benzene rings is 2. The normalized spacial score (nSPS) is 10.5. The van der Waals surface area contributed by atoms with Gasteiger partial charge in [0.2, 0.25) is 0 Å². The lowest BCUT2D eigenvalue weighted by molar-refractivity contribution is -0.199. The zero-order chi connectivity index (χ0) is 18.4. The van der Waals surface area contributed by atoms with Crippen molar-refractivity contribution in [2.75, 3.05) is 0 Å². The van der Waals surface area contributed by atoms with Gasteiger partial charge in [0.05, 0.1) is 23.2 Å². The van der Waals surface area contributed by atoms with E-state index in [1.54, 1.807) is 29.2 Å². The summed E-state index contributed by atoms with van der Waals surface area (Å²) in [5.74, 6) is 5.13. The van der Waals surface area contributed by atoms with Gasteiger partial charge in [-0.15, -0.1) is 9.32 Å². The molecule has 0 aliphatic rings. The number of hydrogen-bond donors (Lipinski definition) is 1. The Morgan fingerprint density at radius 1 is 1.23 bits per heavy atom. The van der Waals surface area contributed by atoms with Crippen molar-refractivity contribution >= 4 is 23.9 Å². The zero-order valence-electron chi connectivity index (χ0n) is 13.2. The molecule has 26 heavy (non-hydrogen) atoms. The van der Waals surface area contributed by atoms with E-state index < -0.39 is 0 Å². The lowest BCUT2D eigenvalue weighted by atomic mass is 9.99. The molecular formula is C16H12ClN5O3S. The largest absolute Gasteiger partial charge is 0.397 e. The van der Waals surface area contributed by atoms with Crippen LogP contribution in [0.4, 0.5) is 0 Å². The highest BCUT2D eigenvalue weighted by Crippen LogP contribution is 2.33. The minimum atomic E-state index is 0.387. The Labute approximate surface area is 158 Å². The first-order valence-electron chi connectivity index (χ1n) is 7.23. The Morgan fingerprint density at radius 2 is 2.04 bits per heavy atom. The summed E-state index contributed by atoms with van der Waals surface area (Å²) < 4.78 is 11.2. The first-order chi connectivity index (χ1) is 12.7. The number of aromatic nitrogens is 3. The molecule has 2 aromatic carbocycles. The zero-order valence-corrected chi connectivity index (χ0v) is 14.8. The van der Waals surface area contributed by atoms with E-state index in [-0.39, 0.29) is 0 Å². The van der Waals surface area contributed by atoms with Gasteiger partial charge in [-0.2, -0.15) is 16.3 Å². The van der Waals surface area contributed by atoms with Crippen molar-refractivity contribution < 1.29 is 13.5 Å². The van der Waals surface area contributed by atoms with Gasteiger partial charge in [0.15, 0.2) is 5.75 Å². The van der Waals surface area contributed by atoms with Crippen LogP contribution in [-0.2, 0) is 15.9 Å². The molecule has 1 heterocycles. The Bertz CT molecular complexity index is 930. The fraction of sp³-hybridized carbons (Fsp3) is 0.0625. The minimum Gasteiger partial charge on any atom is -0.397 e. The molecular weight excluding hydrogens is 378 g/mol. The van der Waals surface area contributed by atoms with Gasteiger partial charge in [-0.3, -0.25) is 0 Å². The van der Waals surface area contributed by atoms with E-state index >= 15 is 0 Å². The van der Waals surface area contributed by atoms with Crippen molar-refractivity contribution in [3.8, 4) is 22.9 Å². The third-order valence-corrected chi connectivity index (χ3v) is 4.16. The maximum Gasteiger partial charge on any atom is 0.260 e. The molecule has 3 rings (SSSR count). The molecule has 0 radical (unpaired) electrons. The molecule has 3 aromatic rings. The van der Waals surface area contributed by atoms with E-state index in [9.17, 15) is 5.26 Å². The summed E-state index contributed by atoms with van der Waals surface area (Å²) in [6, 6.07) is 13.0. The number of nitriles is 1. The predicted molar refractivity (Wildman–Crippen MR) is 95.3 cm³/mol. The van der Waals surface area contributed by atoms with Gasteiger partial charge < -0.3 is 4.18 Å². The van der Waals surface area contributed by atoms with E-state index in [4.69, 9.17) is 21.7 Å². The van der Waals surface area contributed by atoms with E-state index in [1.807, 2.05) is 18.2 Å². The molecule has 0 fully saturated rings. The number of hydrogen-bond acceptors (Lipinski definition) is 8. The molecule has 0 saturated heterocycles. The minimum absolute atomic E-state index is 0.387. The second-order valence-electron chi connectivity index (χ2n) is 5.04. The molecule has 0 bridgehead atoms. The fourth-order valence-corrected chi connectivity index (χ4v) is 2.86. The van der Waals surface area contributed by atoms with Crippen LogP contribution in [0.25, 0.3) is 11.1 Å². The molecule has 10 heteroatoms. The maximum atomic E-state index is 9.33. The highest BCUT2D eigenvalue weighted by Gasteiger charge is 2.10. The van der Waals surface area contributed by atoms with Crippen molar-refractivity contribution in [2.24, 2.45) is 5.90 Å². The lowest BCUT2D eigenvalue weighted by Crippen LogP contribution is -2.02. The van der Waals surface area contributed by atoms with Crippen molar-refractivity contribution in [1.29, 1.82) is 5.26 Å².